The molecule has 176 valence electrons. The van der Waals surface area contributed by atoms with E-state index in [0.29, 0.717) is 18.4 Å². The molecule has 3 amide bonds. The molecule has 2 fully saturated rings. The van der Waals surface area contributed by atoms with E-state index in [9.17, 15) is 29.3 Å². The van der Waals surface area contributed by atoms with Crippen LogP contribution >= 0.6 is 15.9 Å². The zero-order valence-electron chi connectivity index (χ0n) is 18.3. The number of hydrazine groups is 1. The molecule has 0 spiro atoms. The number of nitro groups is 1. The van der Waals surface area contributed by atoms with Crippen molar-refractivity contribution in [3.05, 3.63) is 74.2 Å². The van der Waals surface area contributed by atoms with E-state index >= 15 is 0 Å². The van der Waals surface area contributed by atoms with Crippen LogP contribution < -0.4 is 0 Å². The SMILES string of the molecule is C[C@@H]1CC[C@H]2C(=O)N(N(CC(=O)c3ccc(Br)cc3)C(=O)c3cccc([N+](=O)[O-])c3)C(=O)[C@H]2C1. The Balaban J connectivity index is 1.71. The number of halogens is 1. The smallest absolute Gasteiger partial charge is 0.273 e. The van der Waals surface area contributed by atoms with Gasteiger partial charge in [-0.25, -0.2) is 5.01 Å². The third-order valence-corrected chi connectivity index (χ3v) is 6.93. The highest BCUT2D eigenvalue weighted by atomic mass is 79.9. The summed E-state index contributed by atoms with van der Waals surface area (Å²) in [5, 5.41) is 12.8. The number of ketones is 1. The number of Topliss-reactive ketones (excluding diaryl/α,β-unsaturated/α-hetero) is 1. The summed E-state index contributed by atoms with van der Waals surface area (Å²) in [5.41, 5.74) is -0.113. The number of carbonyl (C=O) groups excluding carboxylic acids is 4. The van der Waals surface area contributed by atoms with Crippen molar-refractivity contribution in [1.82, 2.24) is 10.0 Å². The second-order valence-electron chi connectivity index (χ2n) is 8.72. The number of hydrogen-bond donors (Lipinski definition) is 0. The van der Waals surface area contributed by atoms with Gasteiger partial charge >= 0.3 is 0 Å². The van der Waals surface area contributed by atoms with E-state index in [4.69, 9.17) is 0 Å². The number of imide groups is 1. The van der Waals surface area contributed by atoms with Crippen molar-refractivity contribution in [2.75, 3.05) is 6.54 Å². The lowest BCUT2D eigenvalue weighted by molar-refractivity contribution is -0.384. The van der Waals surface area contributed by atoms with E-state index in [2.05, 4.69) is 15.9 Å². The molecule has 1 aliphatic carbocycles. The van der Waals surface area contributed by atoms with Gasteiger partial charge < -0.3 is 0 Å². The van der Waals surface area contributed by atoms with Crippen LogP contribution in [-0.2, 0) is 9.59 Å². The first-order valence-electron chi connectivity index (χ1n) is 10.9. The molecule has 0 bridgehead atoms. The number of nitrogens with zero attached hydrogens (tertiary/aromatic N) is 3. The van der Waals surface area contributed by atoms with Crippen molar-refractivity contribution in [3.63, 3.8) is 0 Å². The van der Waals surface area contributed by atoms with Gasteiger partial charge in [-0.15, -0.1) is 0 Å². The van der Waals surface area contributed by atoms with Crippen molar-refractivity contribution in [3.8, 4) is 0 Å². The van der Waals surface area contributed by atoms with Crippen LogP contribution in [0.5, 0.6) is 0 Å². The number of carbonyl (C=O) groups is 4. The molecule has 0 radical (unpaired) electrons. The minimum Gasteiger partial charge on any atom is -0.292 e. The third-order valence-electron chi connectivity index (χ3n) is 6.40. The Morgan fingerprint density at radius 2 is 1.74 bits per heavy atom. The third kappa shape index (κ3) is 4.50. The van der Waals surface area contributed by atoms with Gasteiger partial charge in [-0.1, -0.05) is 41.1 Å². The van der Waals surface area contributed by atoms with Crippen LogP contribution in [0.4, 0.5) is 5.69 Å². The first-order chi connectivity index (χ1) is 16.2. The zero-order valence-corrected chi connectivity index (χ0v) is 19.9. The molecule has 1 saturated carbocycles. The summed E-state index contributed by atoms with van der Waals surface area (Å²) in [4.78, 5) is 63.6. The van der Waals surface area contributed by atoms with E-state index < -0.39 is 46.8 Å². The molecule has 2 aliphatic rings. The van der Waals surface area contributed by atoms with Gasteiger partial charge in [-0.05, 0) is 43.4 Å². The van der Waals surface area contributed by atoms with Gasteiger partial charge in [0.1, 0.15) is 6.54 Å². The molecule has 4 rings (SSSR count). The first kappa shape index (κ1) is 23.7. The van der Waals surface area contributed by atoms with E-state index in [0.717, 1.165) is 27.0 Å². The van der Waals surface area contributed by atoms with Gasteiger partial charge in [0.25, 0.3) is 23.4 Å². The quantitative estimate of drug-likeness (QED) is 0.242. The maximum absolute atomic E-state index is 13.5. The summed E-state index contributed by atoms with van der Waals surface area (Å²) in [6.07, 6.45) is 1.86. The highest BCUT2D eigenvalue weighted by molar-refractivity contribution is 9.10. The van der Waals surface area contributed by atoms with Gasteiger partial charge in [0.05, 0.1) is 16.8 Å². The monoisotopic (exact) mass is 527 g/mol. The molecule has 1 saturated heterocycles. The highest BCUT2D eigenvalue weighted by Gasteiger charge is 2.52. The maximum Gasteiger partial charge on any atom is 0.273 e. The summed E-state index contributed by atoms with van der Waals surface area (Å²) >= 11 is 3.30. The number of nitro benzene ring substituents is 1. The topological polar surface area (TPSA) is 118 Å². The lowest BCUT2D eigenvalue weighted by Crippen LogP contribution is -2.52. The fourth-order valence-corrected chi connectivity index (χ4v) is 4.87. The van der Waals surface area contributed by atoms with Gasteiger partial charge in [0, 0.05) is 27.7 Å². The Bertz CT molecular complexity index is 1180. The van der Waals surface area contributed by atoms with E-state index in [1.807, 2.05) is 6.92 Å². The molecule has 2 aromatic carbocycles. The Kier molecular flexibility index (Phi) is 6.60. The lowest BCUT2D eigenvalue weighted by atomic mass is 9.76. The molecule has 0 unspecified atom stereocenters. The van der Waals surface area contributed by atoms with Crippen molar-refractivity contribution in [2.45, 2.75) is 26.2 Å². The Hall–Kier alpha value is -3.40. The van der Waals surface area contributed by atoms with Crippen LogP contribution in [-0.4, -0.2) is 45.0 Å². The molecular formula is C24H22BrN3O6. The fraction of sp³-hybridized carbons (Fsp3) is 0.333. The van der Waals surface area contributed by atoms with Crippen LogP contribution in [0.15, 0.2) is 53.0 Å². The number of rotatable bonds is 6. The Morgan fingerprint density at radius 3 is 2.41 bits per heavy atom. The fourth-order valence-electron chi connectivity index (χ4n) is 4.61. The van der Waals surface area contributed by atoms with Crippen LogP contribution in [0, 0.1) is 27.9 Å². The van der Waals surface area contributed by atoms with E-state index in [1.165, 1.54) is 18.2 Å². The van der Waals surface area contributed by atoms with E-state index in [-0.39, 0.29) is 17.2 Å². The van der Waals surface area contributed by atoms with Crippen LogP contribution in [0.2, 0.25) is 0 Å². The zero-order chi connectivity index (χ0) is 24.6. The van der Waals surface area contributed by atoms with Gasteiger partial charge in [-0.2, -0.15) is 5.01 Å². The largest absolute Gasteiger partial charge is 0.292 e. The Morgan fingerprint density at radius 1 is 1.06 bits per heavy atom. The van der Waals surface area contributed by atoms with Crippen molar-refractivity contribution in [2.24, 2.45) is 17.8 Å². The van der Waals surface area contributed by atoms with Crippen LogP contribution in [0.3, 0.4) is 0 Å². The van der Waals surface area contributed by atoms with Crippen LogP contribution in [0.1, 0.15) is 46.9 Å². The number of benzene rings is 2. The summed E-state index contributed by atoms with van der Waals surface area (Å²) in [5.74, 6) is -3.14. The molecule has 10 heteroatoms. The highest BCUT2D eigenvalue weighted by Crippen LogP contribution is 2.41. The minimum absolute atomic E-state index is 0.0957. The number of fused-ring (bicyclic) bond motifs is 1. The predicted octanol–water partition coefficient (Wildman–Crippen LogP) is 4.02. The lowest BCUT2D eigenvalue weighted by Gasteiger charge is -2.30. The number of hydrogen-bond acceptors (Lipinski definition) is 6. The van der Waals surface area contributed by atoms with Gasteiger partial charge in [-0.3, -0.25) is 29.3 Å². The second kappa shape index (κ2) is 9.46. The van der Waals surface area contributed by atoms with Gasteiger partial charge in [0.2, 0.25) is 0 Å². The summed E-state index contributed by atoms with van der Waals surface area (Å²) < 4.78 is 0.761. The summed E-state index contributed by atoms with van der Waals surface area (Å²) in [6, 6.07) is 11.5. The van der Waals surface area contributed by atoms with Crippen molar-refractivity contribution in [1.29, 1.82) is 0 Å². The molecule has 3 atom stereocenters. The van der Waals surface area contributed by atoms with Crippen molar-refractivity contribution >= 4 is 45.1 Å². The van der Waals surface area contributed by atoms with Gasteiger partial charge in [0.15, 0.2) is 5.78 Å². The summed E-state index contributed by atoms with van der Waals surface area (Å²) in [7, 11) is 0. The normalized spacial score (nSPS) is 21.8. The summed E-state index contributed by atoms with van der Waals surface area (Å²) in [6.45, 7) is 1.45. The average Bonchev–Trinajstić information content (AvgIpc) is 3.06. The maximum atomic E-state index is 13.5. The minimum atomic E-state index is -0.831. The Labute approximate surface area is 204 Å². The standard InChI is InChI=1S/C24H22BrN3O6/c1-14-5-10-19-20(11-14)24(32)27(23(19)31)26(13-21(29)15-6-8-17(25)9-7-15)22(30)16-3-2-4-18(12-16)28(33)34/h2-4,6-9,12,14,19-20H,5,10-11,13H2,1H3/t14-,19-,20+/m1/s1. The van der Waals surface area contributed by atoms with E-state index in [1.54, 1.807) is 24.3 Å². The van der Waals surface area contributed by atoms with Crippen LogP contribution in [0.25, 0.3) is 0 Å². The van der Waals surface area contributed by atoms with Crippen molar-refractivity contribution < 1.29 is 24.1 Å². The molecule has 1 aliphatic heterocycles. The molecule has 0 aromatic heterocycles. The second-order valence-corrected chi connectivity index (χ2v) is 9.64. The predicted molar refractivity (Wildman–Crippen MR) is 124 cm³/mol. The molecule has 9 nitrogen and oxygen atoms in total. The molecule has 0 N–H and O–H groups in total. The average molecular weight is 528 g/mol. The molecule has 1 heterocycles. The number of non-ortho nitro benzene ring substituents is 1. The molecule has 34 heavy (non-hydrogen) atoms. The number of amides is 3. The molecule has 2 aromatic rings. The molecular weight excluding hydrogens is 506 g/mol. The first-order valence-corrected chi connectivity index (χ1v) is 11.7.